The Bertz CT molecular complexity index is 441. The Morgan fingerprint density at radius 1 is 0.594 bits per heavy atom. The summed E-state index contributed by atoms with van der Waals surface area (Å²) in [7, 11) is 1.58. The Hall–Kier alpha value is -1.26. The molecular weight excluding hydrogens is 402 g/mol. The fourth-order valence-electron chi connectivity index (χ4n) is 3.67. The average Bonchev–Trinajstić information content (AvgIpc) is 2.79. The lowest BCUT2D eigenvalue weighted by Gasteiger charge is -2.22. The van der Waals surface area contributed by atoms with Gasteiger partial charge in [0.25, 0.3) is 0 Å². The lowest BCUT2D eigenvalue weighted by molar-refractivity contribution is -0.148. The third-order valence-electron chi connectivity index (χ3n) is 6.18. The molecule has 0 rings (SSSR count). The lowest BCUT2D eigenvalue weighted by Crippen LogP contribution is -2.41. The topological polar surface area (TPSA) is 55.8 Å². The van der Waals surface area contributed by atoms with Gasteiger partial charge in [-0.25, -0.2) is 9.59 Å². The largest absolute Gasteiger partial charge is 0.464 e. The van der Waals surface area contributed by atoms with Crippen LogP contribution in [-0.2, 0) is 14.3 Å². The fourth-order valence-corrected chi connectivity index (χ4v) is 3.67. The molecule has 0 fully saturated rings. The van der Waals surface area contributed by atoms with Gasteiger partial charge >= 0.3 is 12.1 Å². The van der Waals surface area contributed by atoms with Gasteiger partial charge in [0.1, 0.15) is 6.04 Å². The number of likely N-dealkylation sites (N-methyl/N-ethyl adjacent to an activating group) is 1. The predicted octanol–water partition coefficient (Wildman–Crippen LogP) is 8.05. The minimum absolute atomic E-state index is 0.360. The van der Waals surface area contributed by atoms with Crippen LogP contribution >= 0.6 is 0 Å². The number of esters is 1. The van der Waals surface area contributed by atoms with Crippen molar-refractivity contribution in [3.05, 3.63) is 0 Å². The van der Waals surface area contributed by atoms with Crippen molar-refractivity contribution in [1.29, 1.82) is 0 Å². The molecule has 0 bridgehead atoms. The van der Waals surface area contributed by atoms with Crippen LogP contribution < -0.4 is 0 Å². The number of unbranched alkanes of at least 4 members (excludes halogenated alkanes) is 16. The highest BCUT2D eigenvalue weighted by Crippen LogP contribution is 2.14. The van der Waals surface area contributed by atoms with Gasteiger partial charge in [-0.2, -0.15) is 0 Å². The second-order valence-electron chi connectivity index (χ2n) is 9.23. The van der Waals surface area contributed by atoms with Crippen molar-refractivity contribution in [2.24, 2.45) is 0 Å². The fraction of sp³-hybridized carbons (Fsp3) is 0.926. The summed E-state index contributed by atoms with van der Waals surface area (Å²) in [5.41, 5.74) is 0. The summed E-state index contributed by atoms with van der Waals surface area (Å²) in [6.07, 6.45) is 22.5. The molecule has 0 saturated carbocycles. The maximum Gasteiger partial charge on any atom is 0.410 e. The number of carbonyl (C=O) groups excluding carboxylic acids is 2. The number of amides is 1. The lowest BCUT2D eigenvalue weighted by atomic mass is 10.0. The zero-order valence-electron chi connectivity index (χ0n) is 21.8. The molecule has 0 aromatic rings. The zero-order chi connectivity index (χ0) is 23.9. The van der Waals surface area contributed by atoms with Crippen LogP contribution in [0, 0.1) is 0 Å². The molecule has 32 heavy (non-hydrogen) atoms. The molecule has 0 saturated heterocycles. The van der Waals surface area contributed by atoms with Crippen LogP contribution in [0.1, 0.15) is 136 Å². The highest BCUT2D eigenvalue weighted by Gasteiger charge is 2.24. The van der Waals surface area contributed by atoms with E-state index in [0.717, 1.165) is 25.7 Å². The molecule has 0 aliphatic heterocycles. The Labute approximate surface area is 199 Å². The molecule has 0 radical (unpaired) electrons. The van der Waals surface area contributed by atoms with Crippen molar-refractivity contribution >= 4 is 12.1 Å². The van der Waals surface area contributed by atoms with Crippen molar-refractivity contribution in [2.75, 3.05) is 20.3 Å². The van der Waals surface area contributed by atoms with E-state index < -0.39 is 12.1 Å². The summed E-state index contributed by atoms with van der Waals surface area (Å²) in [5, 5.41) is 0. The van der Waals surface area contributed by atoms with Crippen molar-refractivity contribution in [2.45, 2.75) is 142 Å². The molecule has 0 N–H and O–H groups in total. The van der Waals surface area contributed by atoms with Gasteiger partial charge in [0.2, 0.25) is 0 Å². The van der Waals surface area contributed by atoms with Crippen molar-refractivity contribution in [3.63, 3.8) is 0 Å². The summed E-state index contributed by atoms with van der Waals surface area (Å²) >= 11 is 0. The van der Waals surface area contributed by atoms with E-state index in [1.165, 1.54) is 94.8 Å². The quantitative estimate of drug-likeness (QED) is 0.122. The minimum atomic E-state index is -0.620. The van der Waals surface area contributed by atoms with E-state index in [4.69, 9.17) is 9.47 Å². The first-order chi connectivity index (χ1) is 15.5. The second kappa shape index (κ2) is 22.9. The van der Waals surface area contributed by atoms with E-state index in [9.17, 15) is 9.59 Å². The molecule has 1 amide bonds. The van der Waals surface area contributed by atoms with Crippen molar-refractivity contribution in [3.8, 4) is 0 Å². The third kappa shape index (κ3) is 18.3. The second-order valence-corrected chi connectivity index (χ2v) is 9.23. The van der Waals surface area contributed by atoms with E-state index in [-0.39, 0.29) is 5.97 Å². The Balaban J connectivity index is 3.45. The normalized spacial score (nSPS) is 11.9. The molecule has 0 aliphatic rings. The number of rotatable bonds is 22. The van der Waals surface area contributed by atoms with Crippen LogP contribution in [0.3, 0.4) is 0 Å². The summed E-state index contributed by atoms with van der Waals surface area (Å²) in [6.45, 7) is 6.81. The van der Waals surface area contributed by atoms with Crippen molar-refractivity contribution < 1.29 is 19.1 Å². The maximum absolute atomic E-state index is 12.1. The Morgan fingerprint density at radius 3 is 1.41 bits per heavy atom. The molecule has 0 aromatic carbocycles. The Morgan fingerprint density at radius 2 is 0.969 bits per heavy atom. The summed E-state index contributed by atoms with van der Waals surface area (Å²) in [5.74, 6) is -0.360. The number of nitrogens with zero attached hydrogens (tertiary/aromatic N) is 1. The maximum atomic E-state index is 12.1. The van der Waals surface area contributed by atoms with Gasteiger partial charge in [0, 0.05) is 7.05 Å². The van der Waals surface area contributed by atoms with Gasteiger partial charge in [-0.3, -0.25) is 4.90 Å². The van der Waals surface area contributed by atoms with E-state index in [1.807, 2.05) is 6.92 Å². The number of hydrogen-bond donors (Lipinski definition) is 0. The molecule has 1 atom stereocenters. The molecule has 1 unspecified atom stereocenters. The smallest absolute Gasteiger partial charge is 0.410 e. The molecule has 0 spiro atoms. The average molecular weight is 456 g/mol. The monoisotopic (exact) mass is 455 g/mol. The summed E-state index contributed by atoms with van der Waals surface area (Å²) in [6, 6.07) is -0.620. The molecule has 190 valence electrons. The first-order valence-corrected chi connectivity index (χ1v) is 13.6. The summed E-state index contributed by atoms with van der Waals surface area (Å²) in [4.78, 5) is 25.3. The first kappa shape index (κ1) is 30.7. The van der Waals surface area contributed by atoms with Gasteiger partial charge in [0.15, 0.2) is 0 Å². The molecule has 0 aromatic heterocycles. The van der Waals surface area contributed by atoms with Gasteiger partial charge < -0.3 is 9.47 Å². The third-order valence-corrected chi connectivity index (χ3v) is 6.18. The van der Waals surface area contributed by atoms with Gasteiger partial charge in [-0.1, -0.05) is 117 Å². The highest BCUT2D eigenvalue weighted by atomic mass is 16.6. The Kier molecular flexibility index (Phi) is 22.0. The molecular formula is C27H53NO4. The van der Waals surface area contributed by atoms with Gasteiger partial charge in [-0.05, 0) is 19.8 Å². The minimum Gasteiger partial charge on any atom is -0.464 e. The van der Waals surface area contributed by atoms with Gasteiger partial charge in [0.05, 0.1) is 13.2 Å². The number of carbonyl (C=O) groups is 2. The zero-order valence-corrected chi connectivity index (χ0v) is 21.8. The number of ether oxygens (including phenoxy) is 2. The van der Waals surface area contributed by atoms with Crippen LogP contribution in [0.5, 0.6) is 0 Å². The summed E-state index contributed by atoms with van der Waals surface area (Å²) < 4.78 is 10.5. The van der Waals surface area contributed by atoms with Crippen LogP contribution in [0.15, 0.2) is 0 Å². The van der Waals surface area contributed by atoms with E-state index in [1.54, 1.807) is 14.0 Å². The molecule has 0 heterocycles. The van der Waals surface area contributed by atoms with E-state index in [2.05, 4.69) is 6.92 Å². The standard InChI is InChI=1S/C27H53NO4/c1-5-7-9-10-11-12-13-14-15-16-17-18-19-20-21-22-24-31-26(29)25(3)28(4)27(30)32-23-8-6-2/h25H,5-24H2,1-4H3. The molecule has 5 heteroatoms. The SMILES string of the molecule is CCCCCCCCCCCCCCCCCCOC(=O)C(C)N(C)C(=O)OCCCC. The number of hydrogen-bond acceptors (Lipinski definition) is 4. The molecule has 5 nitrogen and oxygen atoms in total. The van der Waals surface area contributed by atoms with Crippen LogP contribution in [0.2, 0.25) is 0 Å². The van der Waals surface area contributed by atoms with Gasteiger partial charge in [-0.15, -0.1) is 0 Å². The van der Waals surface area contributed by atoms with E-state index in [0.29, 0.717) is 13.2 Å². The van der Waals surface area contributed by atoms with Crippen LogP contribution in [0.25, 0.3) is 0 Å². The highest BCUT2D eigenvalue weighted by molar-refractivity contribution is 5.80. The molecule has 0 aliphatic carbocycles. The predicted molar refractivity (Wildman–Crippen MR) is 134 cm³/mol. The van der Waals surface area contributed by atoms with Crippen molar-refractivity contribution in [1.82, 2.24) is 4.90 Å². The van der Waals surface area contributed by atoms with Crippen LogP contribution in [-0.4, -0.2) is 43.3 Å². The van der Waals surface area contributed by atoms with Crippen LogP contribution in [0.4, 0.5) is 4.79 Å². The van der Waals surface area contributed by atoms with E-state index >= 15 is 0 Å². The first-order valence-electron chi connectivity index (χ1n) is 13.6.